The molecule has 1 amide bonds. The quantitative estimate of drug-likeness (QED) is 0.883. The fourth-order valence-corrected chi connectivity index (χ4v) is 4.91. The zero-order chi connectivity index (χ0) is 17.8. The van der Waals surface area contributed by atoms with Gasteiger partial charge in [0, 0.05) is 34.8 Å². The van der Waals surface area contributed by atoms with Crippen molar-refractivity contribution in [2.24, 2.45) is 11.8 Å². The molecule has 1 saturated heterocycles. The Balaban J connectivity index is 1.32. The van der Waals surface area contributed by atoms with E-state index in [1.54, 1.807) is 0 Å². The SMILES string of the molecule is CC(NC1C2CN(C(=O)OC(C)(C)C)CC21)c1cc2ccccc2s1. The summed E-state index contributed by atoms with van der Waals surface area (Å²) in [6.45, 7) is 9.62. The summed E-state index contributed by atoms with van der Waals surface area (Å²) in [5.41, 5.74) is -0.419. The first kappa shape index (κ1) is 16.9. The summed E-state index contributed by atoms with van der Waals surface area (Å²) >= 11 is 1.87. The van der Waals surface area contributed by atoms with Gasteiger partial charge in [0.25, 0.3) is 0 Å². The van der Waals surface area contributed by atoms with Crippen molar-refractivity contribution in [3.63, 3.8) is 0 Å². The van der Waals surface area contributed by atoms with Gasteiger partial charge in [0.2, 0.25) is 0 Å². The zero-order valence-corrected chi connectivity index (χ0v) is 16.1. The molecule has 1 saturated carbocycles. The van der Waals surface area contributed by atoms with Crippen molar-refractivity contribution in [1.29, 1.82) is 0 Å². The van der Waals surface area contributed by atoms with Gasteiger partial charge in [0.1, 0.15) is 5.60 Å². The summed E-state index contributed by atoms with van der Waals surface area (Å²) in [4.78, 5) is 15.4. The van der Waals surface area contributed by atoms with E-state index >= 15 is 0 Å². The number of benzene rings is 1. The zero-order valence-electron chi connectivity index (χ0n) is 15.3. The first-order valence-corrected chi connectivity index (χ1v) is 9.86. The average molecular weight is 359 g/mol. The number of rotatable bonds is 3. The van der Waals surface area contributed by atoms with Gasteiger partial charge >= 0.3 is 6.09 Å². The fourth-order valence-electron chi connectivity index (χ4n) is 3.84. The molecule has 134 valence electrons. The molecule has 1 aromatic heterocycles. The first-order chi connectivity index (χ1) is 11.8. The molecule has 2 fully saturated rings. The van der Waals surface area contributed by atoms with E-state index in [4.69, 9.17) is 4.74 Å². The molecule has 25 heavy (non-hydrogen) atoms. The highest BCUT2D eigenvalue weighted by Crippen LogP contribution is 2.47. The van der Waals surface area contributed by atoms with Gasteiger partial charge in [0.15, 0.2) is 0 Å². The molecule has 1 aliphatic carbocycles. The molecule has 1 N–H and O–H groups in total. The third kappa shape index (κ3) is 3.40. The first-order valence-electron chi connectivity index (χ1n) is 9.04. The fraction of sp³-hybridized carbons (Fsp3) is 0.550. The largest absolute Gasteiger partial charge is 0.444 e. The second-order valence-corrected chi connectivity index (χ2v) is 9.43. The Labute approximate surface area is 153 Å². The predicted molar refractivity (Wildman–Crippen MR) is 102 cm³/mol. The van der Waals surface area contributed by atoms with E-state index in [2.05, 4.69) is 42.6 Å². The number of ether oxygens (including phenoxy) is 1. The van der Waals surface area contributed by atoms with Crippen molar-refractivity contribution >= 4 is 27.5 Å². The molecule has 2 aromatic rings. The van der Waals surface area contributed by atoms with E-state index in [0.717, 1.165) is 13.1 Å². The molecule has 4 nitrogen and oxygen atoms in total. The van der Waals surface area contributed by atoms with Crippen LogP contribution in [0.15, 0.2) is 30.3 Å². The molecule has 2 heterocycles. The maximum atomic E-state index is 12.2. The topological polar surface area (TPSA) is 41.6 Å². The molecule has 0 radical (unpaired) electrons. The predicted octanol–water partition coefficient (Wildman–Crippen LogP) is 4.42. The third-order valence-electron chi connectivity index (χ3n) is 5.16. The lowest BCUT2D eigenvalue weighted by Gasteiger charge is -2.26. The van der Waals surface area contributed by atoms with Crippen LogP contribution in [0.2, 0.25) is 0 Å². The van der Waals surface area contributed by atoms with Gasteiger partial charge in [-0.05, 0) is 57.0 Å². The van der Waals surface area contributed by atoms with Gasteiger partial charge in [-0.2, -0.15) is 0 Å². The van der Waals surface area contributed by atoms with Crippen LogP contribution in [0.5, 0.6) is 0 Å². The third-order valence-corrected chi connectivity index (χ3v) is 6.46. The lowest BCUT2D eigenvalue weighted by molar-refractivity contribution is 0.0269. The van der Waals surface area contributed by atoms with Crippen LogP contribution in [-0.2, 0) is 4.74 Å². The van der Waals surface area contributed by atoms with Gasteiger partial charge in [-0.3, -0.25) is 0 Å². The minimum atomic E-state index is -0.419. The molecule has 3 atom stereocenters. The molecule has 0 spiro atoms. The van der Waals surface area contributed by atoms with Crippen LogP contribution >= 0.6 is 11.3 Å². The Morgan fingerprint density at radius 1 is 1.28 bits per heavy atom. The Hall–Kier alpha value is -1.59. The van der Waals surface area contributed by atoms with Crippen LogP contribution < -0.4 is 5.32 Å². The Morgan fingerprint density at radius 2 is 1.96 bits per heavy atom. The standard InChI is InChI=1S/C20H26N2O2S/c1-12(17-9-13-7-5-6-8-16(13)25-17)21-18-14-10-22(11-15(14)18)19(23)24-20(2,3)4/h5-9,12,14-15,18,21H,10-11H2,1-4H3. The maximum absolute atomic E-state index is 12.2. The van der Waals surface area contributed by atoms with Crippen molar-refractivity contribution in [2.45, 2.75) is 45.4 Å². The van der Waals surface area contributed by atoms with Crippen LogP contribution in [0.25, 0.3) is 10.1 Å². The number of fused-ring (bicyclic) bond motifs is 2. The highest BCUT2D eigenvalue weighted by atomic mass is 32.1. The van der Waals surface area contributed by atoms with Crippen LogP contribution in [0.1, 0.15) is 38.6 Å². The van der Waals surface area contributed by atoms with Crippen LogP contribution in [-0.4, -0.2) is 35.7 Å². The Bertz CT molecular complexity index is 749. The monoisotopic (exact) mass is 358 g/mol. The van der Waals surface area contributed by atoms with Crippen molar-refractivity contribution < 1.29 is 9.53 Å². The molecule has 1 aliphatic heterocycles. The summed E-state index contributed by atoms with van der Waals surface area (Å²) in [6.07, 6.45) is -0.170. The molecular formula is C20H26N2O2S. The average Bonchev–Trinajstić information content (AvgIpc) is 2.96. The molecule has 1 aromatic carbocycles. The minimum Gasteiger partial charge on any atom is -0.444 e. The van der Waals surface area contributed by atoms with Gasteiger partial charge in [-0.1, -0.05) is 18.2 Å². The van der Waals surface area contributed by atoms with E-state index in [-0.39, 0.29) is 6.09 Å². The highest BCUT2D eigenvalue weighted by Gasteiger charge is 2.57. The lowest BCUT2D eigenvalue weighted by Crippen LogP contribution is -2.39. The van der Waals surface area contributed by atoms with Crippen LogP contribution in [0, 0.1) is 11.8 Å². The summed E-state index contributed by atoms with van der Waals surface area (Å²) in [7, 11) is 0. The maximum Gasteiger partial charge on any atom is 0.410 e. The summed E-state index contributed by atoms with van der Waals surface area (Å²) in [5, 5.41) is 5.09. The number of hydrogen-bond donors (Lipinski definition) is 1. The number of nitrogens with one attached hydrogen (secondary N) is 1. The van der Waals surface area contributed by atoms with Crippen molar-refractivity contribution in [1.82, 2.24) is 10.2 Å². The number of piperidine rings is 1. The van der Waals surface area contributed by atoms with Crippen molar-refractivity contribution in [2.75, 3.05) is 13.1 Å². The van der Waals surface area contributed by atoms with Gasteiger partial charge in [-0.25, -0.2) is 4.79 Å². The van der Waals surface area contributed by atoms with E-state index < -0.39 is 5.60 Å². The second kappa shape index (κ2) is 5.99. The van der Waals surface area contributed by atoms with Gasteiger partial charge < -0.3 is 15.0 Å². The summed E-state index contributed by atoms with van der Waals surface area (Å²) < 4.78 is 6.82. The van der Waals surface area contributed by atoms with Crippen LogP contribution in [0.3, 0.4) is 0 Å². The molecule has 3 unspecified atom stereocenters. The molecule has 4 rings (SSSR count). The van der Waals surface area contributed by atoms with E-state index in [1.807, 2.05) is 37.0 Å². The Kier molecular flexibility index (Phi) is 4.04. The molecule has 5 heteroatoms. The number of thiophene rings is 1. The normalized spacial score (nSPS) is 26.6. The molecule has 2 aliphatic rings. The van der Waals surface area contributed by atoms with Crippen molar-refractivity contribution in [3.05, 3.63) is 35.2 Å². The van der Waals surface area contributed by atoms with E-state index in [1.165, 1.54) is 15.0 Å². The van der Waals surface area contributed by atoms with Crippen molar-refractivity contribution in [3.8, 4) is 0 Å². The number of likely N-dealkylation sites (tertiary alicyclic amines) is 1. The highest BCUT2D eigenvalue weighted by molar-refractivity contribution is 7.19. The number of carbonyl (C=O) groups is 1. The number of nitrogens with zero attached hydrogens (tertiary/aromatic N) is 1. The molecule has 0 bridgehead atoms. The number of carbonyl (C=O) groups excluding carboxylic acids is 1. The van der Waals surface area contributed by atoms with Gasteiger partial charge in [0.05, 0.1) is 0 Å². The number of amides is 1. The number of hydrogen-bond acceptors (Lipinski definition) is 4. The summed E-state index contributed by atoms with van der Waals surface area (Å²) in [6, 6.07) is 11.7. The summed E-state index contributed by atoms with van der Waals surface area (Å²) in [5.74, 6) is 1.15. The smallest absolute Gasteiger partial charge is 0.410 e. The van der Waals surface area contributed by atoms with Gasteiger partial charge in [-0.15, -0.1) is 11.3 Å². The Morgan fingerprint density at radius 3 is 2.60 bits per heavy atom. The lowest BCUT2D eigenvalue weighted by atomic mass is 10.2. The van der Waals surface area contributed by atoms with E-state index in [9.17, 15) is 4.79 Å². The van der Waals surface area contributed by atoms with E-state index in [0.29, 0.717) is 23.9 Å². The second-order valence-electron chi connectivity index (χ2n) is 8.31. The van der Waals surface area contributed by atoms with Crippen LogP contribution in [0.4, 0.5) is 4.79 Å². The minimum absolute atomic E-state index is 0.170. The molecular weight excluding hydrogens is 332 g/mol.